The first-order valence-electron chi connectivity index (χ1n) is 9.66. The van der Waals surface area contributed by atoms with E-state index in [1.165, 1.54) is 12.1 Å². The fraction of sp³-hybridized carbons (Fsp3) is 0.174. The van der Waals surface area contributed by atoms with Crippen LogP contribution in [0.5, 0.6) is 5.75 Å². The third-order valence-corrected chi connectivity index (χ3v) is 6.19. The molecule has 8 heteroatoms. The van der Waals surface area contributed by atoms with Gasteiger partial charge >= 0.3 is 0 Å². The first-order chi connectivity index (χ1) is 14.7. The van der Waals surface area contributed by atoms with Gasteiger partial charge in [-0.15, -0.1) is 0 Å². The summed E-state index contributed by atoms with van der Waals surface area (Å²) in [5.41, 5.74) is 1.72. The predicted molar refractivity (Wildman–Crippen MR) is 125 cm³/mol. The first-order valence-corrected chi connectivity index (χ1v) is 11.9. The van der Waals surface area contributed by atoms with Crippen molar-refractivity contribution in [2.75, 3.05) is 5.32 Å². The predicted octanol–water partition coefficient (Wildman–Crippen LogP) is 4.97. The molecule has 2 N–H and O–H groups in total. The Morgan fingerprint density at radius 3 is 2.32 bits per heavy atom. The molecule has 1 amide bonds. The number of hydrogen-bond acceptors (Lipinski definition) is 4. The molecule has 0 unspecified atom stereocenters. The molecule has 6 nitrogen and oxygen atoms in total. The van der Waals surface area contributed by atoms with E-state index in [1.807, 2.05) is 44.2 Å². The number of ether oxygens (including phenoxy) is 1. The summed E-state index contributed by atoms with van der Waals surface area (Å²) in [6.45, 7) is 3.96. The molecule has 0 saturated carbocycles. The Balaban J connectivity index is 1.70. The number of sulfonamides is 1. The van der Waals surface area contributed by atoms with Crippen LogP contribution in [0.2, 0.25) is 0 Å². The SMILES string of the molecule is CC(C)Oc1ccc(Br)cc1C(=O)Nc1ccc(S(=O)(=O)NCc2ccccc2)cc1. The fourth-order valence-electron chi connectivity index (χ4n) is 2.81. The Morgan fingerprint density at radius 1 is 1.00 bits per heavy atom. The van der Waals surface area contributed by atoms with Crippen molar-refractivity contribution in [3.63, 3.8) is 0 Å². The van der Waals surface area contributed by atoms with Gasteiger partial charge in [0, 0.05) is 16.7 Å². The van der Waals surface area contributed by atoms with Crippen LogP contribution in [-0.2, 0) is 16.6 Å². The number of halogens is 1. The van der Waals surface area contributed by atoms with E-state index in [4.69, 9.17) is 4.74 Å². The summed E-state index contributed by atoms with van der Waals surface area (Å²) in [5.74, 6) is 0.120. The number of hydrogen-bond donors (Lipinski definition) is 2. The molecule has 3 rings (SSSR count). The maximum Gasteiger partial charge on any atom is 0.259 e. The van der Waals surface area contributed by atoms with E-state index in [1.54, 1.807) is 30.3 Å². The smallest absolute Gasteiger partial charge is 0.259 e. The van der Waals surface area contributed by atoms with Crippen molar-refractivity contribution < 1.29 is 17.9 Å². The number of anilines is 1. The van der Waals surface area contributed by atoms with Crippen LogP contribution in [0.3, 0.4) is 0 Å². The van der Waals surface area contributed by atoms with Crippen LogP contribution in [-0.4, -0.2) is 20.4 Å². The zero-order valence-electron chi connectivity index (χ0n) is 17.1. The highest BCUT2D eigenvalue weighted by Crippen LogP contribution is 2.25. The van der Waals surface area contributed by atoms with Gasteiger partial charge < -0.3 is 10.1 Å². The minimum absolute atomic E-state index is 0.0828. The zero-order valence-corrected chi connectivity index (χ0v) is 19.5. The van der Waals surface area contributed by atoms with Gasteiger partial charge in [0.05, 0.1) is 16.6 Å². The zero-order chi connectivity index (χ0) is 22.4. The van der Waals surface area contributed by atoms with Crippen LogP contribution in [0.15, 0.2) is 82.2 Å². The van der Waals surface area contributed by atoms with Gasteiger partial charge in [0.15, 0.2) is 0 Å². The lowest BCUT2D eigenvalue weighted by Gasteiger charge is -2.15. The van der Waals surface area contributed by atoms with Crippen LogP contribution in [0.4, 0.5) is 5.69 Å². The van der Waals surface area contributed by atoms with Crippen molar-refractivity contribution in [2.45, 2.75) is 31.4 Å². The van der Waals surface area contributed by atoms with E-state index < -0.39 is 10.0 Å². The Morgan fingerprint density at radius 2 is 1.68 bits per heavy atom. The molecule has 3 aromatic carbocycles. The first kappa shape index (κ1) is 23.0. The summed E-state index contributed by atoms with van der Waals surface area (Å²) < 4.78 is 34.1. The minimum Gasteiger partial charge on any atom is -0.490 e. The lowest BCUT2D eigenvalue weighted by Crippen LogP contribution is -2.23. The molecule has 3 aromatic rings. The number of amides is 1. The molecule has 0 aromatic heterocycles. The molecular weight excluding hydrogens is 480 g/mol. The maximum absolute atomic E-state index is 12.8. The Labute approximate surface area is 190 Å². The summed E-state index contributed by atoms with van der Waals surface area (Å²) in [6, 6.07) is 20.5. The molecule has 0 heterocycles. The van der Waals surface area contributed by atoms with E-state index in [9.17, 15) is 13.2 Å². The van der Waals surface area contributed by atoms with E-state index in [2.05, 4.69) is 26.0 Å². The summed E-state index contributed by atoms with van der Waals surface area (Å²) in [7, 11) is -3.67. The quantitative estimate of drug-likeness (QED) is 0.455. The number of nitrogens with one attached hydrogen (secondary N) is 2. The highest BCUT2D eigenvalue weighted by Gasteiger charge is 2.17. The molecule has 31 heavy (non-hydrogen) atoms. The second-order valence-corrected chi connectivity index (χ2v) is 9.78. The lowest BCUT2D eigenvalue weighted by atomic mass is 10.1. The topological polar surface area (TPSA) is 84.5 Å². The number of carbonyl (C=O) groups excluding carboxylic acids is 1. The molecule has 0 radical (unpaired) electrons. The molecule has 0 aliphatic heterocycles. The van der Waals surface area contributed by atoms with Crippen LogP contribution < -0.4 is 14.8 Å². The molecule has 0 spiro atoms. The second-order valence-electron chi connectivity index (χ2n) is 7.10. The Kier molecular flexibility index (Phi) is 7.48. The molecular formula is C23H23BrN2O4S. The van der Waals surface area contributed by atoms with E-state index in [0.717, 1.165) is 10.0 Å². The van der Waals surface area contributed by atoms with Crippen molar-refractivity contribution >= 4 is 37.5 Å². The van der Waals surface area contributed by atoms with Gasteiger partial charge in [0.2, 0.25) is 10.0 Å². The summed E-state index contributed by atoms with van der Waals surface area (Å²) in [5, 5.41) is 2.78. The molecule has 0 saturated heterocycles. The van der Waals surface area contributed by atoms with E-state index in [0.29, 0.717) is 17.0 Å². The molecule has 0 fully saturated rings. The molecule has 162 valence electrons. The molecule has 0 atom stereocenters. The van der Waals surface area contributed by atoms with Crippen molar-refractivity contribution in [3.8, 4) is 5.75 Å². The van der Waals surface area contributed by atoms with Gasteiger partial charge in [-0.25, -0.2) is 13.1 Å². The summed E-state index contributed by atoms with van der Waals surface area (Å²) in [6.07, 6.45) is -0.0828. The highest BCUT2D eigenvalue weighted by atomic mass is 79.9. The van der Waals surface area contributed by atoms with Crippen LogP contribution in [0.1, 0.15) is 29.8 Å². The van der Waals surface area contributed by atoms with Crippen LogP contribution in [0.25, 0.3) is 0 Å². The van der Waals surface area contributed by atoms with E-state index in [-0.39, 0.29) is 23.5 Å². The van der Waals surface area contributed by atoms with Crippen molar-refractivity contribution in [1.29, 1.82) is 0 Å². The van der Waals surface area contributed by atoms with Gasteiger partial charge in [-0.1, -0.05) is 46.3 Å². The number of benzene rings is 3. The highest BCUT2D eigenvalue weighted by molar-refractivity contribution is 9.10. The fourth-order valence-corrected chi connectivity index (χ4v) is 4.19. The maximum atomic E-state index is 12.8. The standard InChI is InChI=1S/C23H23BrN2O4S/c1-16(2)30-22-13-8-18(24)14-21(22)23(27)26-19-9-11-20(12-10-19)31(28,29)25-15-17-6-4-3-5-7-17/h3-14,16,25H,15H2,1-2H3,(H,26,27). The van der Waals surface area contributed by atoms with Crippen molar-refractivity contribution in [2.24, 2.45) is 0 Å². The van der Waals surface area contributed by atoms with Crippen molar-refractivity contribution in [1.82, 2.24) is 4.72 Å². The van der Waals surface area contributed by atoms with Crippen LogP contribution >= 0.6 is 15.9 Å². The van der Waals surface area contributed by atoms with Crippen LogP contribution in [0, 0.1) is 0 Å². The molecule has 0 aliphatic carbocycles. The van der Waals surface area contributed by atoms with Crippen molar-refractivity contribution in [3.05, 3.63) is 88.4 Å². The normalized spacial score (nSPS) is 11.4. The summed E-state index contributed by atoms with van der Waals surface area (Å²) in [4.78, 5) is 12.9. The van der Waals surface area contributed by atoms with Gasteiger partial charge in [0.1, 0.15) is 5.75 Å². The Bertz CT molecular complexity index is 1150. The third kappa shape index (κ3) is 6.40. The van der Waals surface area contributed by atoms with E-state index >= 15 is 0 Å². The lowest BCUT2D eigenvalue weighted by molar-refractivity contribution is 0.102. The Hall–Kier alpha value is -2.68. The average Bonchev–Trinajstić information content (AvgIpc) is 2.74. The second kappa shape index (κ2) is 10.1. The third-order valence-electron chi connectivity index (χ3n) is 4.28. The van der Waals surface area contributed by atoms with Gasteiger partial charge in [-0.3, -0.25) is 4.79 Å². The molecule has 0 aliphatic rings. The van der Waals surface area contributed by atoms with Gasteiger partial charge in [-0.05, 0) is 61.9 Å². The number of carbonyl (C=O) groups is 1. The summed E-state index contributed by atoms with van der Waals surface area (Å²) >= 11 is 3.37. The number of rotatable bonds is 8. The van der Waals surface area contributed by atoms with Gasteiger partial charge in [-0.2, -0.15) is 0 Å². The average molecular weight is 503 g/mol. The monoisotopic (exact) mass is 502 g/mol. The largest absolute Gasteiger partial charge is 0.490 e. The molecule has 0 bridgehead atoms. The van der Waals surface area contributed by atoms with Gasteiger partial charge in [0.25, 0.3) is 5.91 Å². The minimum atomic E-state index is -3.67.